The summed E-state index contributed by atoms with van der Waals surface area (Å²) in [6.45, 7) is 22.3. The molecule has 0 N–H and O–H groups in total. The molecule has 0 aromatic heterocycles. The van der Waals surface area contributed by atoms with Gasteiger partial charge in [-0.25, -0.2) is 0 Å². The van der Waals surface area contributed by atoms with Crippen LogP contribution < -0.4 is 0 Å². The Kier molecular flexibility index (Phi) is 7.31. The maximum absolute atomic E-state index is 4.20. The van der Waals surface area contributed by atoms with Crippen molar-refractivity contribution in [2.75, 3.05) is 0 Å². The minimum atomic E-state index is 0.575. The van der Waals surface area contributed by atoms with Gasteiger partial charge in [0, 0.05) is 0 Å². The van der Waals surface area contributed by atoms with Gasteiger partial charge in [0.25, 0.3) is 0 Å². The van der Waals surface area contributed by atoms with Gasteiger partial charge in [-0.2, -0.15) is 0 Å². The Morgan fingerprint density at radius 3 is 2.47 bits per heavy atom. The fourth-order valence-electron chi connectivity index (χ4n) is 10.5. The largest absolute Gasteiger partial charge is 0.100 e. The van der Waals surface area contributed by atoms with Gasteiger partial charge in [0.15, 0.2) is 0 Å². The van der Waals surface area contributed by atoms with E-state index in [1.807, 2.05) is 0 Å². The Labute approximate surface area is 201 Å². The van der Waals surface area contributed by atoms with Crippen molar-refractivity contribution in [3.8, 4) is 0 Å². The van der Waals surface area contributed by atoms with E-state index in [1.165, 1.54) is 76.2 Å². The molecule has 0 spiro atoms. The summed E-state index contributed by atoms with van der Waals surface area (Å²) in [5.41, 5.74) is 2.59. The number of hydrogen-bond donors (Lipinski definition) is 0. The van der Waals surface area contributed by atoms with E-state index in [0.29, 0.717) is 10.8 Å². The molecule has 184 valence electrons. The lowest BCUT2D eigenvalue weighted by molar-refractivity contribution is -0.163. The minimum Gasteiger partial charge on any atom is -0.100 e. The van der Waals surface area contributed by atoms with Crippen LogP contribution in [0, 0.1) is 64.1 Å². The highest BCUT2D eigenvalue weighted by Crippen LogP contribution is 2.71. The van der Waals surface area contributed by atoms with E-state index >= 15 is 0 Å². The first-order valence-corrected chi connectivity index (χ1v) is 14.8. The standard InChI is InChI=1S/C32H56/c1-9-10-11-25-16-17-31(7)26(20-25)18-23(5)30-28-15-14-27(22(4)13-12-21(2)3)32(28,8)24(6)19-29(30)31/h22-30H,2,9-20H2,1,3-8H3. The van der Waals surface area contributed by atoms with Gasteiger partial charge in [-0.3, -0.25) is 0 Å². The Morgan fingerprint density at radius 2 is 1.78 bits per heavy atom. The first kappa shape index (κ1) is 24.9. The van der Waals surface area contributed by atoms with Crippen molar-refractivity contribution in [1.29, 1.82) is 0 Å². The topological polar surface area (TPSA) is 0 Å². The molecule has 4 fully saturated rings. The van der Waals surface area contributed by atoms with Crippen LogP contribution in [0.25, 0.3) is 0 Å². The summed E-state index contributed by atoms with van der Waals surface area (Å²) in [4.78, 5) is 0. The summed E-state index contributed by atoms with van der Waals surface area (Å²) in [5.74, 6) is 8.68. The van der Waals surface area contributed by atoms with Gasteiger partial charge < -0.3 is 0 Å². The van der Waals surface area contributed by atoms with Gasteiger partial charge in [-0.1, -0.05) is 66.4 Å². The molecule has 4 aliphatic carbocycles. The molecule has 0 heteroatoms. The Bertz CT molecular complexity index is 661. The zero-order chi connectivity index (χ0) is 23.3. The molecule has 4 saturated carbocycles. The predicted octanol–water partition coefficient (Wildman–Crippen LogP) is 9.94. The third-order valence-corrected chi connectivity index (χ3v) is 12.5. The van der Waals surface area contributed by atoms with Crippen LogP contribution in [-0.4, -0.2) is 0 Å². The first-order chi connectivity index (χ1) is 15.1. The van der Waals surface area contributed by atoms with Crippen molar-refractivity contribution < 1.29 is 0 Å². The summed E-state index contributed by atoms with van der Waals surface area (Å²) in [7, 11) is 0. The van der Waals surface area contributed by atoms with Crippen LogP contribution in [0.3, 0.4) is 0 Å². The third-order valence-electron chi connectivity index (χ3n) is 12.5. The van der Waals surface area contributed by atoms with E-state index in [2.05, 4.69) is 55.0 Å². The molecular weight excluding hydrogens is 384 g/mol. The highest BCUT2D eigenvalue weighted by Gasteiger charge is 2.64. The lowest BCUT2D eigenvalue weighted by Crippen LogP contribution is -2.58. The second-order valence-electron chi connectivity index (χ2n) is 14.1. The fraction of sp³-hybridized carbons (Fsp3) is 0.938. The Hall–Kier alpha value is -0.260. The number of hydrogen-bond acceptors (Lipinski definition) is 0. The van der Waals surface area contributed by atoms with Crippen molar-refractivity contribution in [3.05, 3.63) is 12.2 Å². The minimum absolute atomic E-state index is 0.575. The van der Waals surface area contributed by atoms with Crippen LogP contribution in [0.2, 0.25) is 0 Å². The molecule has 0 aliphatic heterocycles. The average molecular weight is 441 g/mol. The number of rotatable bonds is 7. The van der Waals surface area contributed by atoms with E-state index in [9.17, 15) is 0 Å². The second kappa shape index (κ2) is 9.41. The highest BCUT2D eigenvalue weighted by molar-refractivity contribution is 5.12. The van der Waals surface area contributed by atoms with Crippen molar-refractivity contribution in [3.63, 3.8) is 0 Å². The molecule has 0 aromatic carbocycles. The normalized spacial score (nSPS) is 49.1. The van der Waals surface area contributed by atoms with Crippen molar-refractivity contribution in [2.45, 2.75) is 126 Å². The number of unbranched alkanes of at least 4 members (excludes halogenated alkanes) is 1. The maximum atomic E-state index is 4.20. The van der Waals surface area contributed by atoms with Crippen molar-refractivity contribution >= 4 is 0 Å². The van der Waals surface area contributed by atoms with Gasteiger partial charge in [-0.05, 0) is 129 Å². The number of fused-ring (bicyclic) bond motifs is 5. The third kappa shape index (κ3) is 4.06. The smallest absolute Gasteiger partial charge is 0.0238 e. The number of allylic oxidation sites excluding steroid dienone is 1. The quantitative estimate of drug-likeness (QED) is 0.345. The van der Waals surface area contributed by atoms with E-state index in [1.54, 1.807) is 6.42 Å². The molecule has 32 heavy (non-hydrogen) atoms. The average Bonchev–Trinajstić information content (AvgIpc) is 3.10. The zero-order valence-corrected chi connectivity index (χ0v) is 22.9. The lowest BCUT2D eigenvalue weighted by Gasteiger charge is -2.65. The second-order valence-corrected chi connectivity index (χ2v) is 14.1. The van der Waals surface area contributed by atoms with Crippen LogP contribution >= 0.6 is 0 Å². The molecule has 0 aromatic rings. The van der Waals surface area contributed by atoms with Gasteiger partial charge in [0.1, 0.15) is 0 Å². The molecule has 0 saturated heterocycles. The first-order valence-electron chi connectivity index (χ1n) is 14.8. The van der Waals surface area contributed by atoms with E-state index in [-0.39, 0.29) is 0 Å². The van der Waals surface area contributed by atoms with E-state index < -0.39 is 0 Å². The molecule has 0 nitrogen and oxygen atoms in total. The van der Waals surface area contributed by atoms with Crippen LogP contribution in [0.15, 0.2) is 12.2 Å². The van der Waals surface area contributed by atoms with Gasteiger partial charge in [0.05, 0.1) is 0 Å². The predicted molar refractivity (Wildman–Crippen MR) is 141 cm³/mol. The van der Waals surface area contributed by atoms with E-state index in [4.69, 9.17) is 0 Å². The van der Waals surface area contributed by atoms with Gasteiger partial charge in [-0.15, -0.1) is 6.58 Å². The van der Waals surface area contributed by atoms with Crippen LogP contribution in [0.1, 0.15) is 126 Å². The summed E-state index contributed by atoms with van der Waals surface area (Å²) in [6, 6.07) is 0. The van der Waals surface area contributed by atoms with Gasteiger partial charge in [0.2, 0.25) is 0 Å². The summed E-state index contributed by atoms with van der Waals surface area (Å²) >= 11 is 0. The molecule has 0 amide bonds. The van der Waals surface area contributed by atoms with E-state index in [0.717, 1.165) is 53.3 Å². The van der Waals surface area contributed by atoms with Crippen LogP contribution in [-0.2, 0) is 0 Å². The van der Waals surface area contributed by atoms with Crippen LogP contribution in [0.4, 0.5) is 0 Å². The molecule has 0 heterocycles. The summed E-state index contributed by atoms with van der Waals surface area (Å²) in [5, 5.41) is 0. The van der Waals surface area contributed by atoms with Crippen molar-refractivity contribution in [1.82, 2.24) is 0 Å². The maximum Gasteiger partial charge on any atom is -0.0238 e. The molecule has 0 radical (unpaired) electrons. The van der Waals surface area contributed by atoms with Crippen molar-refractivity contribution in [2.24, 2.45) is 64.1 Å². The molecule has 11 atom stereocenters. The van der Waals surface area contributed by atoms with Gasteiger partial charge >= 0.3 is 0 Å². The summed E-state index contributed by atoms with van der Waals surface area (Å²) in [6.07, 6.45) is 17.6. The Morgan fingerprint density at radius 1 is 1.03 bits per heavy atom. The van der Waals surface area contributed by atoms with Crippen LogP contribution in [0.5, 0.6) is 0 Å². The molecule has 4 aliphatic rings. The monoisotopic (exact) mass is 440 g/mol. The lowest BCUT2D eigenvalue weighted by atomic mass is 9.40. The highest BCUT2D eigenvalue weighted by atomic mass is 14.7. The molecule has 11 unspecified atom stereocenters. The SMILES string of the molecule is C=C(C)CCC(C)C1CCC2C3C(C)CC4CC(CCCC)CCC4(C)C3CC(C)C12C. The Balaban J connectivity index is 1.54. The fourth-order valence-corrected chi connectivity index (χ4v) is 10.5. The molecule has 0 bridgehead atoms. The zero-order valence-electron chi connectivity index (χ0n) is 22.9. The molecule has 4 rings (SSSR count). The summed E-state index contributed by atoms with van der Waals surface area (Å²) < 4.78 is 0. The molecular formula is C32H56.